The molecule has 22 heavy (non-hydrogen) atoms. The van der Waals surface area contributed by atoms with Crippen molar-refractivity contribution < 1.29 is 18.7 Å². The largest absolute Gasteiger partial charge is 0.420 e. The molecule has 1 heterocycles. The van der Waals surface area contributed by atoms with E-state index in [1.807, 2.05) is 6.92 Å². The molecular weight excluding hydrogens is 305 g/mol. The smallest absolute Gasteiger partial charge is 0.343 e. The van der Waals surface area contributed by atoms with Crippen LogP contribution in [0.1, 0.15) is 17.3 Å². The summed E-state index contributed by atoms with van der Waals surface area (Å²) in [6.07, 6.45) is 0. The van der Waals surface area contributed by atoms with Crippen LogP contribution in [0, 0.1) is 5.82 Å². The lowest BCUT2D eigenvalue weighted by molar-refractivity contribution is -0.115. The van der Waals surface area contributed by atoms with Crippen molar-refractivity contribution in [3.8, 4) is 5.75 Å². The van der Waals surface area contributed by atoms with Crippen molar-refractivity contribution in [2.45, 2.75) is 17.1 Å². The molecule has 4 nitrogen and oxygen atoms in total. The highest BCUT2D eigenvalue weighted by atomic mass is 32.2. The molecule has 6 heteroatoms. The van der Waals surface area contributed by atoms with Crippen LogP contribution in [0.5, 0.6) is 5.75 Å². The van der Waals surface area contributed by atoms with Crippen LogP contribution in [-0.4, -0.2) is 17.1 Å². The lowest BCUT2D eigenvalue weighted by Crippen LogP contribution is -2.26. The summed E-state index contributed by atoms with van der Waals surface area (Å²) in [4.78, 5) is 24.6. The normalized spacial score (nSPS) is 16.6. The van der Waals surface area contributed by atoms with Gasteiger partial charge in [0.15, 0.2) is 11.6 Å². The number of anilines is 1. The van der Waals surface area contributed by atoms with Crippen molar-refractivity contribution in [3.05, 3.63) is 53.8 Å². The third-order valence-corrected chi connectivity index (χ3v) is 4.36. The SMILES string of the molecule is CC1Sc2ccc(C(=O)Oc3ccccc3F)cc2NC1=O. The highest BCUT2D eigenvalue weighted by molar-refractivity contribution is 8.00. The van der Waals surface area contributed by atoms with Gasteiger partial charge in [0.1, 0.15) is 0 Å². The summed E-state index contributed by atoms with van der Waals surface area (Å²) in [5.74, 6) is -1.52. The first-order valence-electron chi connectivity index (χ1n) is 6.63. The highest BCUT2D eigenvalue weighted by Crippen LogP contribution is 2.36. The van der Waals surface area contributed by atoms with Crippen LogP contribution in [-0.2, 0) is 4.79 Å². The van der Waals surface area contributed by atoms with E-state index in [0.29, 0.717) is 5.69 Å². The van der Waals surface area contributed by atoms with E-state index in [1.54, 1.807) is 18.2 Å². The zero-order valence-corrected chi connectivity index (χ0v) is 12.4. The molecule has 1 atom stereocenters. The second-order valence-corrected chi connectivity index (χ2v) is 6.16. The van der Waals surface area contributed by atoms with E-state index in [2.05, 4.69) is 5.32 Å². The molecule has 0 radical (unpaired) electrons. The van der Waals surface area contributed by atoms with Crippen molar-refractivity contribution in [2.24, 2.45) is 0 Å². The Labute approximate surface area is 130 Å². The van der Waals surface area contributed by atoms with E-state index in [-0.39, 0.29) is 22.5 Å². The number of hydrogen-bond donors (Lipinski definition) is 1. The maximum absolute atomic E-state index is 13.5. The standard InChI is InChI=1S/C16H12FNO3S/c1-9-15(19)18-12-8-10(6-7-14(12)22-9)16(20)21-13-5-3-2-4-11(13)17/h2-9H,1H3,(H,18,19). The summed E-state index contributed by atoms with van der Waals surface area (Å²) >= 11 is 1.42. The molecule has 112 valence electrons. The summed E-state index contributed by atoms with van der Waals surface area (Å²) < 4.78 is 18.5. The van der Waals surface area contributed by atoms with Crippen LogP contribution in [0.4, 0.5) is 10.1 Å². The molecule has 0 saturated heterocycles. The van der Waals surface area contributed by atoms with Gasteiger partial charge in [-0.2, -0.15) is 0 Å². The van der Waals surface area contributed by atoms with E-state index >= 15 is 0 Å². The van der Waals surface area contributed by atoms with Gasteiger partial charge in [0.25, 0.3) is 0 Å². The molecule has 0 aliphatic carbocycles. The topological polar surface area (TPSA) is 55.4 Å². The first kappa shape index (κ1) is 14.6. The number of halogens is 1. The number of ether oxygens (including phenoxy) is 1. The number of thioether (sulfide) groups is 1. The molecule has 1 amide bonds. The number of carbonyl (C=O) groups excluding carboxylic acids is 2. The fraction of sp³-hybridized carbons (Fsp3) is 0.125. The molecule has 2 aromatic rings. The van der Waals surface area contributed by atoms with Gasteiger partial charge in [0.2, 0.25) is 5.91 Å². The molecule has 0 bridgehead atoms. The zero-order chi connectivity index (χ0) is 15.7. The molecule has 0 saturated carbocycles. The Balaban J connectivity index is 1.84. The fourth-order valence-corrected chi connectivity index (χ4v) is 2.95. The van der Waals surface area contributed by atoms with E-state index in [1.165, 1.54) is 36.0 Å². The second kappa shape index (κ2) is 5.81. The molecule has 2 aromatic carbocycles. The summed E-state index contributed by atoms with van der Waals surface area (Å²) in [6.45, 7) is 1.81. The summed E-state index contributed by atoms with van der Waals surface area (Å²) in [5, 5.41) is 2.56. The first-order chi connectivity index (χ1) is 10.5. The fourth-order valence-electron chi connectivity index (χ4n) is 2.02. The van der Waals surface area contributed by atoms with Gasteiger partial charge in [-0.25, -0.2) is 9.18 Å². The first-order valence-corrected chi connectivity index (χ1v) is 7.51. The van der Waals surface area contributed by atoms with Crippen LogP contribution < -0.4 is 10.1 Å². The molecular formula is C16H12FNO3S. The number of benzene rings is 2. The maximum Gasteiger partial charge on any atom is 0.343 e. The lowest BCUT2D eigenvalue weighted by Gasteiger charge is -2.21. The molecule has 0 fully saturated rings. The number of para-hydroxylation sites is 1. The second-order valence-electron chi connectivity index (χ2n) is 4.78. The van der Waals surface area contributed by atoms with E-state index in [4.69, 9.17) is 4.74 Å². The van der Waals surface area contributed by atoms with Gasteiger partial charge in [-0.1, -0.05) is 12.1 Å². The number of hydrogen-bond acceptors (Lipinski definition) is 4. The van der Waals surface area contributed by atoms with Gasteiger partial charge < -0.3 is 10.1 Å². The van der Waals surface area contributed by atoms with E-state index in [0.717, 1.165) is 4.90 Å². The van der Waals surface area contributed by atoms with Crippen molar-refractivity contribution >= 4 is 29.3 Å². The van der Waals surface area contributed by atoms with Gasteiger partial charge in [-0.3, -0.25) is 4.79 Å². The van der Waals surface area contributed by atoms with Gasteiger partial charge in [0.05, 0.1) is 16.5 Å². The number of fused-ring (bicyclic) bond motifs is 1. The molecule has 0 aromatic heterocycles. The predicted octanol–water partition coefficient (Wildman–Crippen LogP) is 3.48. The molecule has 1 aliphatic rings. The summed E-state index contributed by atoms with van der Waals surface area (Å²) in [6, 6.07) is 10.6. The minimum absolute atomic E-state index is 0.114. The van der Waals surface area contributed by atoms with Crippen LogP contribution in [0.15, 0.2) is 47.4 Å². The number of rotatable bonds is 2. The molecule has 3 rings (SSSR count). The Morgan fingerprint density at radius 1 is 1.27 bits per heavy atom. The lowest BCUT2D eigenvalue weighted by atomic mass is 10.2. The van der Waals surface area contributed by atoms with E-state index in [9.17, 15) is 14.0 Å². The quantitative estimate of drug-likeness (QED) is 0.680. The van der Waals surface area contributed by atoms with Crippen molar-refractivity contribution in [2.75, 3.05) is 5.32 Å². The zero-order valence-electron chi connectivity index (χ0n) is 11.6. The van der Waals surface area contributed by atoms with Crippen LogP contribution in [0.2, 0.25) is 0 Å². The Morgan fingerprint density at radius 3 is 2.82 bits per heavy atom. The maximum atomic E-state index is 13.5. The number of amides is 1. The Morgan fingerprint density at radius 2 is 2.05 bits per heavy atom. The number of nitrogens with one attached hydrogen (secondary N) is 1. The van der Waals surface area contributed by atoms with Crippen molar-refractivity contribution in [1.29, 1.82) is 0 Å². The minimum Gasteiger partial charge on any atom is -0.420 e. The van der Waals surface area contributed by atoms with Crippen LogP contribution >= 0.6 is 11.8 Å². The van der Waals surface area contributed by atoms with Gasteiger partial charge >= 0.3 is 5.97 Å². The van der Waals surface area contributed by atoms with Gasteiger partial charge in [-0.05, 0) is 37.3 Å². The predicted molar refractivity (Wildman–Crippen MR) is 81.7 cm³/mol. The molecule has 1 aliphatic heterocycles. The van der Waals surface area contributed by atoms with Crippen molar-refractivity contribution in [3.63, 3.8) is 0 Å². The third kappa shape index (κ3) is 2.82. The Hall–Kier alpha value is -2.34. The summed E-state index contributed by atoms with van der Waals surface area (Å²) in [7, 11) is 0. The Kier molecular flexibility index (Phi) is 3.85. The molecule has 1 N–H and O–H groups in total. The van der Waals surface area contributed by atoms with Crippen LogP contribution in [0.3, 0.4) is 0 Å². The van der Waals surface area contributed by atoms with E-state index < -0.39 is 11.8 Å². The monoisotopic (exact) mass is 317 g/mol. The third-order valence-electron chi connectivity index (χ3n) is 3.19. The average Bonchev–Trinajstić information content (AvgIpc) is 2.50. The molecule has 1 unspecified atom stereocenters. The van der Waals surface area contributed by atoms with Crippen molar-refractivity contribution in [1.82, 2.24) is 0 Å². The average molecular weight is 317 g/mol. The summed E-state index contributed by atoms with van der Waals surface area (Å²) in [5.41, 5.74) is 0.813. The van der Waals surface area contributed by atoms with Gasteiger partial charge in [0, 0.05) is 4.90 Å². The number of carbonyl (C=O) groups is 2. The number of esters is 1. The van der Waals surface area contributed by atoms with Crippen LogP contribution in [0.25, 0.3) is 0 Å². The van der Waals surface area contributed by atoms with Gasteiger partial charge in [-0.15, -0.1) is 11.8 Å². The highest BCUT2D eigenvalue weighted by Gasteiger charge is 2.24. The minimum atomic E-state index is -0.675. The Bertz CT molecular complexity index is 763. The molecule has 0 spiro atoms.